The Balaban J connectivity index is 5.92. The van der Waals surface area contributed by atoms with Gasteiger partial charge in [-0.15, -0.1) is 0 Å². The number of esters is 5. The first-order valence-corrected chi connectivity index (χ1v) is 22.9. The van der Waals surface area contributed by atoms with E-state index in [0.717, 1.165) is 103 Å². The second kappa shape index (κ2) is 36.4. The van der Waals surface area contributed by atoms with Crippen LogP contribution in [0.25, 0.3) is 0 Å². The summed E-state index contributed by atoms with van der Waals surface area (Å²) in [6.45, 7) is 10.8. The van der Waals surface area contributed by atoms with Crippen LogP contribution >= 0.6 is 0 Å². The van der Waals surface area contributed by atoms with Crippen molar-refractivity contribution >= 4 is 29.8 Å². The molecule has 0 aromatic rings. The molecule has 0 spiro atoms. The number of carbonyl (C=O) groups is 5. The van der Waals surface area contributed by atoms with Crippen molar-refractivity contribution in [2.75, 3.05) is 53.7 Å². The molecule has 334 valence electrons. The minimum Gasteiger partial charge on any atom is -0.466 e. The van der Waals surface area contributed by atoms with E-state index < -0.39 is 17.4 Å². The summed E-state index contributed by atoms with van der Waals surface area (Å²) in [5, 5.41) is 0. The Kier molecular flexibility index (Phi) is 34.7. The van der Waals surface area contributed by atoms with Gasteiger partial charge in [0, 0.05) is 32.1 Å². The average molecular weight is 812 g/mol. The molecule has 11 heteroatoms. The van der Waals surface area contributed by atoms with Crippen molar-refractivity contribution in [1.82, 2.24) is 4.90 Å². The SMILES string of the molecule is CCCCCCCOC(=O)CCCCC(=O)OCC(COC(=O)CCCN(C)C)(COC(=O)CC(CCCC)CCCC)COC(=O)CC(CCCC)CCCC. The third kappa shape index (κ3) is 31.9. The summed E-state index contributed by atoms with van der Waals surface area (Å²) in [6, 6.07) is 0. The van der Waals surface area contributed by atoms with Gasteiger partial charge in [0.25, 0.3) is 0 Å². The Morgan fingerprint density at radius 3 is 1.16 bits per heavy atom. The van der Waals surface area contributed by atoms with Crippen LogP contribution in [-0.4, -0.2) is 88.4 Å². The first kappa shape index (κ1) is 54.3. The fourth-order valence-electron chi connectivity index (χ4n) is 6.63. The molecule has 0 unspecified atom stereocenters. The zero-order valence-corrected chi connectivity index (χ0v) is 37.6. The van der Waals surface area contributed by atoms with Gasteiger partial charge in [-0.2, -0.15) is 0 Å². The van der Waals surface area contributed by atoms with E-state index in [1.165, 1.54) is 6.42 Å². The maximum Gasteiger partial charge on any atom is 0.306 e. The summed E-state index contributed by atoms with van der Waals surface area (Å²) in [7, 11) is 3.86. The Hall–Kier alpha value is -2.69. The zero-order chi connectivity index (χ0) is 42.6. The van der Waals surface area contributed by atoms with Crippen molar-refractivity contribution in [2.45, 2.75) is 195 Å². The predicted molar refractivity (Wildman–Crippen MR) is 227 cm³/mol. The minimum absolute atomic E-state index is 0.0668. The largest absolute Gasteiger partial charge is 0.466 e. The number of hydrogen-bond acceptors (Lipinski definition) is 11. The van der Waals surface area contributed by atoms with Crippen LogP contribution in [0.1, 0.15) is 195 Å². The topological polar surface area (TPSA) is 135 Å². The minimum atomic E-state index is -1.30. The molecule has 0 aromatic heterocycles. The van der Waals surface area contributed by atoms with Gasteiger partial charge in [0.2, 0.25) is 0 Å². The summed E-state index contributed by atoms with van der Waals surface area (Å²) in [5.74, 6) is -1.57. The van der Waals surface area contributed by atoms with Crippen molar-refractivity contribution < 1.29 is 47.7 Å². The van der Waals surface area contributed by atoms with E-state index in [2.05, 4.69) is 34.6 Å². The Morgan fingerprint density at radius 1 is 0.421 bits per heavy atom. The molecule has 0 N–H and O–H groups in total. The molecule has 0 aliphatic carbocycles. The molecule has 0 heterocycles. The summed E-state index contributed by atoms with van der Waals surface area (Å²) >= 11 is 0. The van der Waals surface area contributed by atoms with E-state index in [1.54, 1.807) is 0 Å². The van der Waals surface area contributed by atoms with Crippen molar-refractivity contribution in [3.05, 3.63) is 0 Å². The van der Waals surface area contributed by atoms with Gasteiger partial charge in [0.05, 0.1) is 6.61 Å². The van der Waals surface area contributed by atoms with E-state index in [0.29, 0.717) is 32.4 Å². The number of carbonyl (C=O) groups excluding carboxylic acids is 5. The highest BCUT2D eigenvalue weighted by Gasteiger charge is 2.38. The molecule has 0 saturated carbocycles. The number of hydrogen-bond donors (Lipinski definition) is 0. The van der Waals surface area contributed by atoms with Gasteiger partial charge >= 0.3 is 29.8 Å². The molecule has 0 saturated heterocycles. The second-order valence-electron chi connectivity index (χ2n) is 16.6. The lowest BCUT2D eigenvalue weighted by Gasteiger charge is -2.32. The molecule has 0 amide bonds. The second-order valence-corrected chi connectivity index (χ2v) is 16.6. The number of unbranched alkanes of at least 4 members (excludes halogenated alkanes) is 9. The third-order valence-electron chi connectivity index (χ3n) is 10.4. The number of ether oxygens (including phenoxy) is 5. The zero-order valence-electron chi connectivity index (χ0n) is 37.6. The molecule has 0 aromatic carbocycles. The highest BCUT2D eigenvalue weighted by atomic mass is 16.6. The predicted octanol–water partition coefficient (Wildman–Crippen LogP) is 10.3. The van der Waals surface area contributed by atoms with Crippen LogP contribution < -0.4 is 0 Å². The smallest absolute Gasteiger partial charge is 0.306 e. The monoisotopic (exact) mass is 812 g/mol. The summed E-state index contributed by atoms with van der Waals surface area (Å²) < 4.78 is 28.7. The summed E-state index contributed by atoms with van der Waals surface area (Å²) in [4.78, 5) is 66.9. The van der Waals surface area contributed by atoms with Gasteiger partial charge < -0.3 is 28.6 Å². The van der Waals surface area contributed by atoms with Crippen molar-refractivity contribution in [3.8, 4) is 0 Å². The van der Waals surface area contributed by atoms with Crippen LogP contribution in [0.4, 0.5) is 0 Å². The van der Waals surface area contributed by atoms with E-state index in [1.807, 2.05) is 19.0 Å². The Morgan fingerprint density at radius 2 is 0.772 bits per heavy atom. The maximum absolute atomic E-state index is 13.4. The molecule has 0 aliphatic rings. The van der Waals surface area contributed by atoms with Crippen LogP contribution in [0.2, 0.25) is 0 Å². The van der Waals surface area contributed by atoms with Gasteiger partial charge in [-0.05, 0) is 83.8 Å². The fourth-order valence-corrected chi connectivity index (χ4v) is 6.63. The van der Waals surface area contributed by atoms with E-state index in [4.69, 9.17) is 23.7 Å². The third-order valence-corrected chi connectivity index (χ3v) is 10.4. The quantitative estimate of drug-likeness (QED) is 0.0333. The van der Waals surface area contributed by atoms with E-state index >= 15 is 0 Å². The summed E-state index contributed by atoms with van der Waals surface area (Å²) in [6.07, 6.45) is 19.9. The van der Waals surface area contributed by atoms with E-state index in [-0.39, 0.29) is 88.3 Å². The Bertz CT molecular complexity index is 994. The highest BCUT2D eigenvalue weighted by molar-refractivity contribution is 5.72. The average Bonchev–Trinajstić information content (AvgIpc) is 3.19. The molecule has 11 nitrogen and oxygen atoms in total. The molecule has 0 rings (SSSR count). The van der Waals surface area contributed by atoms with Crippen molar-refractivity contribution in [1.29, 1.82) is 0 Å². The lowest BCUT2D eigenvalue weighted by molar-refractivity contribution is -0.171. The molecular formula is C46H85NO10. The normalized spacial score (nSPS) is 11.6. The number of nitrogens with zero attached hydrogens (tertiary/aromatic N) is 1. The molecular weight excluding hydrogens is 727 g/mol. The fraction of sp³-hybridized carbons (Fsp3) is 0.891. The first-order chi connectivity index (χ1) is 27.4. The molecule has 0 aliphatic heterocycles. The van der Waals surface area contributed by atoms with Crippen LogP contribution in [0.15, 0.2) is 0 Å². The van der Waals surface area contributed by atoms with Gasteiger partial charge in [-0.1, -0.05) is 112 Å². The highest BCUT2D eigenvalue weighted by Crippen LogP contribution is 2.26. The van der Waals surface area contributed by atoms with Crippen molar-refractivity contribution in [3.63, 3.8) is 0 Å². The maximum atomic E-state index is 13.4. The van der Waals surface area contributed by atoms with Crippen LogP contribution in [-0.2, 0) is 47.7 Å². The molecule has 0 fully saturated rings. The van der Waals surface area contributed by atoms with E-state index in [9.17, 15) is 24.0 Å². The van der Waals surface area contributed by atoms with Crippen molar-refractivity contribution in [2.24, 2.45) is 17.3 Å². The Labute approximate surface area is 347 Å². The van der Waals surface area contributed by atoms with Gasteiger partial charge in [0.15, 0.2) is 0 Å². The molecule has 0 atom stereocenters. The lowest BCUT2D eigenvalue weighted by Crippen LogP contribution is -2.44. The number of rotatable bonds is 39. The van der Waals surface area contributed by atoms with Gasteiger partial charge in [-0.25, -0.2) is 0 Å². The standard InChI is InChI=1S/C46H85NO10/c1-8-13-18-19-22-32-53-41(48)28-20-21-29-42(49)54-35-46(36-55-43(50)30-23-31-47(6)7,37-56-44(51)33-39(24-14-9-2)25-15-10-3)38-57-45(52)34-40(26-16-11-4)27-17-12-5/h39-40H,8-38H2,1-7H3. The lowest BCUT2D eigenvalue weighted by atomic mass is 9.91. The molecule has 57 heavy (non-hydrogen) atoms. The van der Waals surface area contributed by atoms with Gasteiger partial charge in [-0.3, -0.25) is 24.0 Å². The first-order valence-electron chi connectivity index (χ1n) is 22.9. The van der Waals surface area contributed by atoms with Crippen LogP contribution in [0.5, 0.6) is 0 Å². The molecule has 0 bridgehead atoms. The van der Waals surface area contributed by atoms with Gasteiger partial charge in [0.1, 0.15) is 31.8 Å². The van der Waals surface area contributed by atoms with Crippen LogP contribution in [0, 0.1) is 17.3 Å². The molecule has 0 radical (unpaired) electrons. The van der Waals surface area contributed by atoms with Crippen LogP contribution in [0.3, 0.4) is 0 Å². The summed E-state index contributed by atoms with van der Waals surface area (Å²) in [5.41, 5.74) is -1.30.